The van der Waals surface area contributed by atoms with Gasteiger partial charge in [0.05, 0.1) is 19.0 Å². The van der Waals surface area contributed by atoms with Crippen LogP contribution < -0.4 is 32.3 Å². The molecule has 204 valence electrons. The fourth-order valence-corrected chi connectivity index (χ4v) is 2.96. The maximum Gasteiger partial charge on any atom is 0.308 e. The number of benzene rings is 1. The molecule has 0 aliphatic carbocycles. The number of rotatable bonds is 15. The van der Waals surface area contributed by atoms with Crippen molar-refractivity contribution >= 4 is 41.7 Å². The third kappa shape index (κ3) is 11.1. The minimum atomic E-state index is -0.917. The Morgan fingerprint density at radius 3 is 2.30 bits per heavy atom. The Morgan fingerprint density at radius 1 is 1.00 bits per heavy atom. The number of hydrogen-bond acceptors (Lipinski definition) is 8. The van der Waals surface area contributed by atoms with Crippen LogP contribution in [0.4, 0.5) is 5.69 Å². The Balaban J connectivity index is 2.86. The molecule has 0 bridgehead atoms. The van der Waals surface area contributed by atoms with E-state index < -0.39 is 42.2 Å². The molecule has 0 fully saturated rings. The van der Waals surface area contributed by atoms with Gasteiger partial charge in [-0.25, -0.2) is 0 Å². The predicted octanol–water partition coefficient (Wildman–Crippen LogP) is -0.984. The highest BCUT2D eigenvalue weighted by Gasteiger charge is 2.24. The number of nitrogens with one attached hydrogen (secondary N) is 5. The molecule has 0 aliphatic rings. The van der Waals surface area contributed by atoms with Crippen LogP contribution in [0, 0.1) is 11.8 Å². The van der Waals surface area contributed by atoms with Gasteiger partial charge in [0.2, 0.25) is 24.1 Å². The van der Waals surface area contributed by atoms with Crippen LogP contribution in [0.2, 0.25) is 0 Å². The van der Waals surface area contributed by atoms with Crippen LogP contribution in [0.15, 0.2) is 18.2 Å². The van der Waals surface area contributed by atoms with Crippen LogP contribution in [0.25, 0.3) is 0 Å². The third-order valence-electron chi connectivity index (χ3n) is 4.94. The highest BCUT2D eigenvalue weighted by Crippen LogP contribution is 2.18. The van der Waals surface area contributed by atoms with E-state index in [9.17, 15) is 28.8 Å². The lowest BCUT2D eigenvalue weighted by Gasteiger charge is -2.21. The molecule has 0 aromatic heterocycles. The van der Waals surface area contributed by atoms with Crippen LogP contribution >= 0.6 is 0 Å². The fourth-order valence-electron chi connectivity index (χ4n) is 2.96. The molecule has 0 spiro atoms. The van der Waals surface area contributed by atoms with Gasteiger partial charge in [0, 0.05) is 29.9 Å². The van der Waals surface area contributed by atoms with Gasteiger partial charge < -0.3 is 37.1 Å². The summed E-state index contributed by atoms with van der Waals surface area (Å²) in [6, 6.07) is 3.60. The first-order valence-electron chi connectivity index (χ1n) is 11.8. The van der Waals surface area contributed by atoms with Crippen molar-refractivity contribution in [2.75, 3.05) is 31.5 Å². The normalized spacial score (nSPS) is 11.3. The van der Waals surface area contributed by atoms with E-state index in [1.807, 2.05) is 0 Å². The third-order valence-corrected chi connectivity index (χ3v) is 4.94. The topological polar surface area (TPSA) is 198 Å². The molecule has 1 aromatic carbocycles. The van der Waals surface area contributed by atoms with Gasteiger partial charge in [-0.1, -0.05) is 33.8 Å². The van der Waals surface area contributed by atoms with Gasteiger partial charge in [0.1, 0.15) is 12.6 Å². The standard InChI is InChI=1S/C24H36N6O7/c1-14(2)21(30-19(32)10-26-13-31)23(35)28-11-20(33)29-17-6-5-16(12-37-24(36)15(3)4)18(9-17)22(34)27-8-7-25/h5-6,9,13-15,21H,7-8,10-12,25H2,1-4H3,(H,26,31)(H,27,34)(H,28,35)(H,29,33)(H,30,32). The van der Waals surface area contributed by atoms with Crippen molar-refractivity contribution in [2.45, 2.75) is 40.3 Å². The lowest BCUT2D eigenvalue weighted by atomic mass is 10.0. The van der Waals surface area contributed by atoms with Crippen molar-refractivity contribution in [1.82, 2.24) is 21.3 Å². The first-order chi connectivity index (χ1) is 17.5. The number of anilines is 1. The second-order valence-electron chi connectivity index (χ2n) is 8.73. The largest absolute Gasteiger partial charge is 0.461 e. The number of carbonyl (C=O) groups is 6. The number of nitrogens with two attached hydrogens (primary N) is 1. The summed E-state index contributed by atoms with van der Waals surface area (Å²) >= 11 is 0. The van der Waals surface area contributed by atoms with E-state index in [1.54, 1.807) is 33.8 Å². The SMILES string of the molecule is CC(C)C(=O)OCc1ccc(NC(=O)CNC(=O)C(NC(=O)CNC=O)C(C)C)cc1C(=O)NCCN. The minimum absolute atomic E-state index is 0.128. The summed E-state index contributed by atoms with van der Waals surface area (Å²) in [4.78, 5) is 71.6. The number of amides is 5. The molecule has 7 N–H and O–H groups in total. The highest BCUT2D eigenvalue weighted by atomic mass is 16.5. The zero-order valence-electron chi connectivity index (χ0n) is 21.5. The molecule has 13 nitrogen and oxygen atoms in total. The smallest absolute Gasteiger partial charge is 0.308 e. The molecule has 5 amide bonds. The molecule has 1 aromatic rings. The summed E-state index contributed by atoms with van der Waals surface area (Å²) in [5.41, 5.74) is 6.36. The number of esters is 1. The average Bonchev–Trinajstić information content (AvgIpc) is 2.86. The van der Waals surface area contributed by atoms with Crippen LogP contribution in [-0.2, 0) is 35.3 Å². The van der Waals surface area contributed by atoms with Crippen LogP contribution in [0.1, 0.15) is 43.6 Å². The molecular formula is C24H36N6O7. The Bertz CT molecular complexity index is 980. The molecule has 0 heterocycles. The van der Waals surface area contributed by atoms with Crippen LogP contribution in [0.3, 0.4) is 0 Å². The average molecular weight is 521 g/mol. The monoisotopic (exact) mass is 520 g/mol. The van der Waals surface area contributed by atoms with E-state index in [-0.39, 0.29) is 49.3 Å². The van der Waals surface area contributed by atoms with Gasteiger partial charge >= 0.3 is 5.97 Å². The van der Waals surface area contributed by atoms with Crippen LogP contribution in [-0.4, -0.2) is 68.2 Å². The lowest BCUT2D eigenvalue weighted by Crippen LogP contribution is -2.52. The van der Waals surface area contributed by atoms with Crippen molar-refractivity contribution in [2.24, 2.45) is 17.6 Å². The molecule has 1 atom stereocenters. The summed E-state index contributed by atoms with van der Waals surface area (Å²) < 4.78 is 5.23. The Hall–Kier alpha value is -4.00. The van der Waals surface area contributed by atoms with E-state index >= 15 is 0 Å². The van der Waals surface area contributed by atoms with E-state index in [0.29, 0.717) is 12.0 Å². The molecule has 0 radical (unpaired) electrons. The predicted molar refractivity (Wildman–Crippen MR) is 135 cm³/mol. The quantitative estimate of drug-likeness (QED) is 0.125. The van der Waals surface area contributed by atoms with Crippen LogP contribution in [0.5, 0.6) is 0 Å². The van der Waals surface area contributed by atoms with E-state index in [2.05, 4.69) is 26.6 Å². The molecule has 13 heteroatoms. The molecule has 37 heavy (non-hydrogen) atoms. The van der Waals surface area contributed by atoms with E-state index in [4.69, 9.17) is 10.5 Å². The number of ether oxygens (including phenoxy) is 1. The summed E-state index contributed by atoms with van der Waals surface area (Å²) in [7, 11) is 0. The molecular weight excluding hydrogens is 484 g/mol. The maximum atomic E-state index is 12.6. The maximum absolute atomic E-state index is 12.6. The van der Waals surface area contributed by atoms with Crippen molar-refractivity contribution < 1.29 is 33.5 Å². The van der Waals surface area contributed by atoms with Gasteiger partial charge in [-0.05, 0) is 18.1 Å². The van der Waals surface area contributed by atoms with E-state index in [0.717, 1.165) is 0 Å². The first kappa shape index (κ1) is 31.0. The van der Waals surface area contributed by atoms with Gasteiger partial charge in [-0.15, -0.1) is 0 Å². The molecule has 1 rings (SSSR count). The first-order valence-corrected chi connectivity index (χ1v) is 11.8. The second kappa shape index (κ2) is 15.9. The van der Waals surface area contributed by atoms with E-state index in [1.165, 1.54) is 12.1 Å². The Kier molecular flexibility index (Phi) is 13.3. The summed E-state index contributed by atoms with van der Waals surface area (Å²) in [5.74, 6) is -3.19. The lowest BCUT2D eigenvalue weighted by molar-refractivity contribution is -0.148. The second-order valence-corrected chi connectivity index (χ2v) is 8.73. The summed E-state index contributed by atoms with van der Waals surface area (Å²) in [5, 5.41) is 12.4. The molecule has 0 aliphatic heterocycles. The van der Waals surface area contributed by atoms with Gasteiger partial charge in [-0.3, -0.25) is 28.8 Å². The number of hydrogen-bond donors (Lipinski definition) is 6. The van der Waals surface area contributed by atoms with Gasteiger partial charge in [-0.2, -0.15) is 0 Å². The Labute approximate surface area is 215 Å². The fraction of sp³-hybridized carbons (Fsp3) is 0.500. The van der Waals surface area contributed by atoms with Gasteiger partial charge in [0.25, 0.3) is 5.91 Å². The highest BCUT2D eigenvalue weighted by molar-refractivity contribution is 5.99. The van der Waals surface area contributed by atoms with Gasteiger partial charge in [0.15, 0.2) is 0 Å². The van der Waals surface area contributed by atoms with Crippen molar-refractivity contribution in [3.8, 4) is 0 Å². The number of carbonyl (C=O) groups excluding carboxylic acids is 6. The van der Waals surface area contributed by atoms with Crippen molar-refractivity contribution in [1.29, 1.82) is 0 Å². The summed E-state index contributed by atoms with van der Waals surface area (Å²) in [6.45, 7) is 6.47. The molecule has 0 saturated heterocycles. The molecule has 1 unspecified atom stereocenters. The summed E-state index contributed by atoms with van der Waals surface area (Å²) in [6.07, 6.45) is 0.367. The molecule has 0 saturated carbocycles. The zero-order chi connectivity index (χ0) is 28.0. The zero-order valence-corrected chi connectivity index (χ0v) is 21.5. The van der Waals surface area contributed by atoms with Crippen molar-refractivity contribution in [3.05, 3.63) is 29.3 Å². The Morgan fingerprint density at radius 2 is 1.70 bits per heavy atom. The minimum Gasteiger partial charge on any atom is -0.461 e. The van der Waals surface area contributed by atoms with Crippen molar-refractivity contribution in [3.63, 3.8) is 0 Å².